The standard InChI is InChI=1S/C35H42N6O8S/c1-6-22-18-35(22,34(44)40-50(45,46)26-8-9-26)39-31(42)28-16-25(49-32-27-10-7-23(47-4)15-21(27)11-13-37-32)19-41(28)33(43)30(20(2)3)38-29-17-24(48-5)12-14-36-29/h6-7,10-15,17,20,22,25-26,28,30H,1,8-9,16,18-19H2,2-5H3,(H,36,38)(H,39,42)(H,40,44)/t22-,25-,28+,30+,35-/m1/s1. The Kier molecular flexibility index (Phi) is 9.62. The van der Waals surface area contributed by atoms with Gasteiger partial charge < -0.3 is 29.7 Å². The Morgan fingerprint density at radius 1 is 1.04 bits per heavy atom. The number of likely N-dealkylation sites (tertiary alicyclic amines) is 1. The molecule has 1 aromatic carbocycles. The zero-order valence-corrected chi connectivity index (χ0v) is 29.2. The Morgan fingerprint density at radius 3 is 2.42 bits per heavy atom. The van der Waals surface area contributed by atoms with Gasteiger partial charge in [-0.25, -0.2) is 18.4 Å². The van der Waals surface area contributed by atoms with Crippen LogP contribution in [0.15, 0.2) is 61.4 Å². The Bertz CT molecular complexity index is 1920. The summed E-state index contributed by atoms with van der Waals surface area (Å²) in [7, 11) is -0.756. The summed E-state index contributed by atoms with van der Waals surface area (Å²) in [5, 5.41) is 6.97. The van der Waals surface area contributed by atoms with Crippen LogP contribution in [-0.2, 0) is 24.4 Å². The highest BCUT2D eigenvalue weighted by atomic mass is 32.2. The third-order valence-electron chi connectivity index (χ3n) is 9.51. The largest absolute Gasteiger partial charge is 0.497 e. The minimum absolute atomic E-state index is 0.0434. The molecule has 0 radical (unpaired) electrons. The third kappa shape index (κ3) is 7.04. The van der Waals surface area contributed by atoms with Crippen molar-refractivity contribution in [3.63, 3.8) is 0 Å². The van der Waals surface area contributed by atoms with Crippen molar-refractivity contribution in [2.75, 3.05) is 26.1 Å². The number of carbonyl (C=O) groups excluding carboxylic acids is 3. The molecule has 15 heteroatoms. The second-order valence-electron chi connectivity index (χ2n) is 13.3. The summed E-state index contributed by atoms with van der Waals surface area (Å²) in [4.78, 5) is 52.3. The topological polar surface area (TPSA) is 178 Å². The number of sulfonamides is 1. The first-order valence-corrected chi connectivity index (χ1v) is 18.1. The molecule has 6 rings (SSSR count). The number of nitrogens with one attached hydrogen (secondary N) is 3. The number of methoxy groups -OCH3 is 2. The van der Waals surface area contributed by atoms with E-state index in [1.807, 2.05) is 32.0 Å². The van der Waals surface area contributed by atoms with Crippen molar-refractivity contribution in [3.05, 3.63) is 61.4 Å². The number of benzene rings is 1. The van der Waals surface area contributed by atoms with Crippen LogP contribution in [0.5, 0.6) is 17.4 Å². The molecule has 266 valence electrons. The average molecular weight is 707 g/mol. The molecule has 50 heavy (non-hydrogen) atoms. The van der Waals surface area contributed by atoms with Gasteiger partial charge in [-0.15, -0.1) is 6.58 Å². The minimum atomic E-state index is -3.87. The molecule has 3 aromatic rings. The molecule has 0 spiro atoms. The molecule has 3 heterocycles. The van der Waals surface area contributed by atoms with E-state index in [0.29, 0.717) is 36.0 Å². The zero-order valence-electron chi connectivity index (χ0n) is 28.4. The van der Waals surface area contributed by atoms with Gasteiger partial charge in [0.25, 0.3) is 5.91 Å². The lowest BCUT2D eigenvalue weighted by Gasteiger charge is -2.31. The maximum absolute atomic E-state index is 14.4. The lowest BCUT2D eigenvalue weighted by molar-refractivity contribution is -0.140. The van der Waals surface area contributed by atoms with E-state index >= 15 is 0 Å². The molecule has 1 saturated heterocycles. The molecule has 1 aliphatic heterocycles. The van der Waals surface area contributed by atoms with Crippen LogP contribution >= 0.6 is 0 Å². The third-order valence-corrected chi connectivity index (χ3v) is 11.3. The van der Waals surface area contributed by atoms with Gasteiger partial charge in [0.15, 0.2) is 0 Å². The van der Waals surface area contributed by atoms with E-state index in [9.17, 15) is 22.8 Å². The van der Waals surface area contributed by atoms with E-state index in [1.54, 1.807) is 37.7 Å². The number of amides is 3. The first-order valence-electron chi connectivity index (χ1n) is 16.6. The molecule has 0 unspecified atom stereocenters. The van der Waals surface area contributed by atoms with Crippen molar-refractivity contribution < 1.29 is 37.0 Å². The molecule has 2 aliphatic carbocycles. The number of hydrogen-bond donors (Lipinski definition) is 3. The first kappa shape index (κ1) is 34.9. The SMILES string of the molecule is C=C[C@@H]1C[C@]1(NC(=O)[C@@H]1C[C@@H](Oc2nccc3cc(OC)ccc23)CN1C(=O)[C@@H](Nc1cc(OC)ccn1)C(C)C)C(=O)NS(=O)(=O)C1CC1. The number of nitrogens with zero attached hydrogens (tertiary/aromatic N) is 3. The second kappa shape index (κ2) is 13.8. The molecule has 2 saturated carbocycles. The van der Waals surface area contributed by atoms with Crippen molar-refractivity contribution in [2.45, 2.75) is 68.5 Å². The Balaban J connectivity index is 1.28. The van der Waals surface area contributed by atoms with Crippen molar-refractivity contribution >= 4 is 44.3 Å². The average Bonchev–Trinajstić information content (AvgIpc) is 4.03. The van der Waals surface area contributed by atoms with Crippen molar-refractivity contribution in [3.8, 4) is 17.4 Å². The predicted molar refractivity (Wildman–Crippen MR) is 185 cm³/mol. The second-order valence-corrected chi connectivity index (χ2v) is 15.3. The molecule has 0 bridgehead atoms. The van der Waals surface area contributed by atoms with Gasteiger partial charge in [-0.05, 0) is 60.9 Å². The number of carbonyl (C=O) groups is 3. The number of anilines is 1. The predicted octanol–water partition coefficient (Wildman–Crippen LogP) is 2.80. The van der Waals surface area contributed by atoms with Crippen molar-refractivity contribution in [2.24, 2.45) is 11.8 Å². The van der Waals surface area contributed by atoms with Crippen LogP contribution in [0.4, 0.5) is 5.82 Å². The van der Waals surface area contributed by atoms with Gasteiger partial charge >= 0.3 is 0 Å². The van der Waals surface area contributed by atoms with Crippen molar-refractivity contribution in [1.82, 2.24) is 24.9 Å². The normalized spacial score (nSPS) is 23.5. The van der Waals surface area contributed by atoms with Gasteiger partial charge in [-0.1, -0.05) is 19.9 Å². The Morgan fingerprint density at radius 2 is 1.76 bits per heavy atom. The van der Waals surface area contributed by atoms with E-state index in [1.165, 1.54) is 18.1 Å². The maximum Gasteiger partial charge on any atom is 0.259 e. The van der Waals surface area contributed by atoms with Crippen LogP contribution in [0, 0.1) is 11.8 Å². The van der Waals surface area contributed by atoms with Gasteiger partial charge in [-0.3, -0.25) is 19.1 Å². The molecule has 3 aliphatic rings. The Labute approximate surface area is 291 Å². The van der Waals surface area contributed by atoms with Crippen LogP contribution in [-0.4, -0.2) is 90.7 Å². The number of aromatic nitrogens is 2. The maximum atomic E-state index is 14.4. The smallest absolute Gasteiger partial charge is 0.259 e. The molecule has 3 fully saturated rings. The molecule has 2 aromatic heterocycles. The summed E-state index contributed by atoms with van der Waals surface area (Å²) in [6.45, 7) is 7.58. The highest BCUT2D eigenvalue weighted by molar-refractivity contribution is 7.91. The molecule has 5 atom stereocenters. The fourth-order valence-electron chi connectivity index (χ4n) is 6.37. The number of hydrogen-bond acceptors (Lipinski definition) is 11. The summed E-state index contributed by atoms with van der Waals surface area (Å²) < 4.78 is 44.6. The molecule has 3 amide bonds. The summed E-state index contributed by atoms with van der Waals surface area (Å²) in [5.74, 6) is -0.542. The van der Waals surface area contributed by atoms with E-state index < -0.39 is 56.7 Å². The first-order chi connectivity index (χ1) is 23.9. The fraction of sp³-hybridized carbons (Fsp3) is 0.457. The van der Waals surface area contributed by atoms with Gasteiger partial charge in [0.2, 0.25) is 27.7 Å². The van der Waals surface area contributed by atoms with Crippen LogP contribution in [0.3, 0.4) is 0 Å². The lowest BCUT2D eigenvalue weighted by Crippen LogP contribution is -2.58. The van der Waals surface area contributed by atoms with E-state index in [2.05, 4.69) is 31.9 Å². The van der Waals surface area contributed by atoms with Crippen molar-refractivity contribution in [1.29, 1.82) is 0 Å². The summed E-state index contributed by atoms with van der Waals surface area (Å²) in [6, 6.07) is 8.82. The highest BCUT2D eigenvalue weighted by Crippen LogP contribution is 2.45. The molecular weight excluding hydrogens is 664 g/mol. The summed E-state index contributed by atoms with van der Waals surface area (Å²) in [6.07, 6.45) is 5.26. The fourth-order valence-corrected chi connectivity index (χ4v) is 7.73. The Hall–Kier alpha value is -4.92. The van der Waals surface area contributed by atoms with Crippen LogP contribution in [0.1, 0.15) is 39.5 Å². The molecule has 14 nitrogen and oxygen atoms in total. The summed E-state index contributed by atoms with van der Waals surface area (Å²) in [5.41, 5.74) is -1.51. The van der Waals surface area contributed by atoms with Crippen LogP contribution in [0.25, 0.3) is 10.8 Å². The number of fused-ring (bicyclic) bond motifs is 1. The van der Waals surface area contributed by atoms with Gasteiger partial charge in [-0.2, -0.15) is 0 Å². The quantitative estimate of drug-likeness (QED) is 0.210. The monoisotopic (exact) mass is 706 g/mol. The van der Waals surface area contributed by atoms with Gasteiger partial charge in [0, 0.05) is 36.2 Å². The minimum Gasteiger partial charge on any atom is -0.497 e. The van der Waals surface area contributed by atoms with Gasteiger partial charge in [0.1, 0.15) is 41.0 Å². The molecule has 3 N–H and O–H groups in total. The number of ether oxygens (including phenoxy) is 3. The van der Waals surface area contributed by atoms with E-state index in [0.717, 1.165) is 10.8 Å². The van der Waals surface area contributed by atoms with E-state index in [4.69, 9.17) is 14.2 Å². The van der Waals surface area contributed by atoms with Crippen LogP contribution < -0.4 is 29.6 Å². The van der Waals surface area contributed by atoms with Crippen LogP contribution in [0.2, 0.25) is 0 Å². The number of pyridine rings is 2. The zero-order chi connectivity index (χ0) is 35.8. The summed E-state index contributed by atoms with van der Waals surface area (Å²) >= 11 is 0. The van der Waals surface area contributed by atoms with E-state index in [-0.39, 0.29) is 31.2 Å². The van der Waals surface area contributed by atoms with Gasteiger partial charge in [0.05, 0.1) is 26.0 Å². The molecular formula is C35H42N6O8S. The highest BCUT2D eigenvalue weighted by Gasteiger charge is 2.62. The lowest BCUT2D eigenvalue weighted by atomic mass is 10.0. The number of rotatable bonds is 14.